The summed E-state index contributed by atoms with van der Waals surface area (Å²) in [6.45, 7) is 0. The zero-order valence-corrected chi connectivity index (χ0v) is 12.5. The number of halogens is 2. The molecular formula is C16H12ClFN4. The Morgan fingerprint density at radius 2 is 1.91 bits per heavy atom. The number of benzene rings is 2. The number of hydrogen-bond donors (Lipinski definition) is 0. The fourth-order valence-corrected chi connectivity index (χ4v) is 2.15. The third-order valence-electron chi connectivity index (χ3n) is 3.13. The second-order valence-electron chi connectivity index (χ2n) is 4.62. The Hall–Kier alpha value is -2.53. The molecule has 0 saturated heterocycles. The van der Waals surface area contributed by atoms with Gasteiger partial charge in [-0.15, -0.1) is 0 Å². The SMILES string of the molecule is CN(/N=C/c1c(F)cccc1Cl)c1cnc2ccccc2n1. The molecule has 0 spiro atoms. The van der Waals surface area contributed by atoms with Crippen LogP contribution in [0.15, 0.2) is 53.8 Å². The van der Waals surface area contributed by atoms with Crippen molar-refractivity contribution in [1.29, 1.82) is 0 Å². The van der Waals surface area contributed by atoms with E-state index in [2.05, 4.69) is 15.1 Å². The van der Waals surface area contributed by atoms with Gasteiger partial charge in [0.05, 0.1) is 28.5 Å². The maximum Gasteiger partial charge on any atom is 0.167 e. The molecule has 0 aliphatic rings. The van der Waals surface area contributed by atoms with Crippen molar-refractivity contribution in [3.63, 3.8) is 0 Å². The maximum absolute atomic E-state index is 13.7. The number of rotatable bonds is 3. The fraction of sp³-hybridized carbons (Fsp3) is 0.0625. The molecule has 0 unspecified atom stereocenters. The van der Waals surface area contributed by atoms with Crippen molar-refractivity contribution in [2.24, 2.45) is 5.10 Å². The highest BCUT2D eigenvalue weighted by atomic mass is 35.5. The summed E-state index contributed by atoms with van der Waals surface area (Å²) in [5.74, 6) is 0.136. The molecule has 0 saturated carbocycles. The number of para-hydroxylation sites is 2. The summed E-state index contributed by atoms with van der Waals surface area (Å²) in [5.41, 5.74) is 1.82. The van der Waals surface area contributed by atoms with Crippen molar-refractivity contribution in [3.05, 3.63) is 65.1 Å². The number of hydrogen-bond acceptors (Lipinski definition) is 4. The van der Waals surface area contributed by atoms with Crippen LogP contribution < -0.4 is 5.01 Å². The van der Waals surface area contributed by atoms with Gasteiger partial charge in [0.15, 0.2) is 5.82 Å². The lowest BCUT2D eigenvalue weighted by molar-refractivity contribution is 0.626. The van der Waals surface area contributed by atoms with E-state index < -0.39 is 5.82 Å². The van der Waals surface area contributed by atoms with E-state index in [0.29, 0.717) is 10.8 Å². The molecule has 3 rings (SSSR count). The van der Waals surface area contributed by atoms with Gasteiger partial charge in [0.1, 0.15) is 5.82 Å². The van der Waals surface area contributed by atoms with Gasteiger partial charge in [-0.05, 0) is 24.3 Å². The molecule has 0 fully saturated rings. The lowest BCUT2D eigenvalue weighted by atomic mass is 10.2. The minimum Gasteiger partial charge on any atom is -0.251 e. The number of fused-ring (bicyclic) bond motifs is 1. The van der Waals surface area contributed by atoms with Crippen LogP contribution in [-0.4, -0.2) is 23.2 Å². The van der Waals surface area contributed by atoms with Gasteiger partial charge >= 0.3 is 0 Å². The van der Waals surface area contributed by atoms with Crippen LogP contribution in [0.25, 0.3) is 11.0 Å². The van der Waals surface area contributed by atoms with E-state index in [1.54, 1.807) is 25.4 Å². The third kappa shape index (κ3) is 2.89. The van der Waals surface area contributed by atoms with Crippen LogP contribution in [0.1, 0.15) is 5.56 Å². The largest absolute Gasteiger partial charge is 0.251 e. The molecule has 110 valence electrons. The first kappa shape index (κ1) is 14.4. The summed E-state index contributed by atoms with van der Waals surface area (Å²) in [6, 6.07) is 12.0. The molecule has 0 aliphatic carbocycles. The normalized spacial score (nSPS) is 11.2. The third-order valence-corrected chi connectivity index (χ3v) is 3.46. The topological polar surface area (TPSA) is 41.4 Å². The predicted molar refractivity (Wildman–Crippen MR) is 86.9 cm³/mol. The lowest BCUT2D eigenvalue weighted by Gasteiger charge is -2.12. The van der Waals surface area contributed by atoms with Gasteiger partial charge in [0.2, 0.25) is 0 Å². The predicted octanol–water partition coefficient (Wildman–Crippen LogP) is 3.89. The summed E-state index contributed by atoms with van der Waals surface area (Å²) in [5, 5.41) is 6.00. The van der Waals surface area contributed by atoms with Gasteiger partial charge in [-0.1, -0.05) is 29.8 Å². The molecule has 0 N–H and O–H groups in total. The van der Waals surface area contributed by atoms with Crippen molar-refractivity contribution in [3.8, 4) is 0 Å². The average Bonchev–Trinajstić information content (AvgIpc) is 2.53. The molecule has 2 aromatic carbocycles. The second kappa shape index (κ2) is 6.07. The first-order chi connectivity index (χ1) is 10.6. The monoisotopic (exact) mass is 314 g/mol. The number of aromatic nitrogens is 2. The molecule has 6 heteroatoms. The Morgan fingerprint density at radius 3 is 2.68 bits per heavy atom. The van der Waals surface area contributed by atoms with Crippen LogP contribution in [0, 0.1) is 5.82 Å². The second-order valence-corrected chi connectivity index (χ2v) is 5.03. The highest BCUT2D eigenvalue weighted by Gasteiger charge is 2.06. The Labute approximate surface area is 131 Å². The van der Waals surface area contributed by atoms with E-state index in [9.17, 15) is 4.39 Å². The first-order valence-corrected chi connectivity index (χ1v) is 6.96. The lowest BCUT2D eigenvalue weighted by Crippen LogP contribution is -2.11. The van der Waals surface area contributed by atoms with Crippen molar-refractivity contribution >= 4 is 34.7 Å². The maximum atomic E-state index is 13.7. The van der Waals surface area contributed by atoms with Gasteiger partial charge in [0, 0.05) is 12.6 Å². The standard InChI is InChI=1S/C16H12ClFN4/c1-22(20-9-11-12(17)5-4-6-13(11)18)16-10-19-14-7-2-3-8-15(14)21-16/h2-10H,1H3/b20-9+. The summed E-state index contributed by atoms with van der Waals surface area (Å²) in [7, 11) is 1.71. The van der Waals surface area contributed by atoms with Gasteiger partial charge in [-0.2, -0.15) is 5.10 Å². The fourth-order valence-electron chi connectivity index (χ4n) is 1.94. The van der Waals surface area contributed by atoms with Crippen LogP contribution in [0.3, 0.4) is 0 Å². The highest BCUT2D eigenvalue weighted by Crippen LogP contribution is 2.18. The summed E-state index contributed by atoms with van der Waals surface area (Å²) in [4.78, 5) is 8.77. The Morgan fingerprint density at radius 1 is 1.14 bits per heavy atom. The molecule has 1 aromatic heterocycles. The molecular weight excluding hydrogens is 303 g/mol. The smallest absolute Gasteiger partial charge is 0.167 e. The molecule has 0 radical (unpaired) electrons. The van der Waals surface area contributed by atoms with Crippen molar-refractivity contribution < 1.29 is 4.39 Å². The quantitative estimate of drug-likeness (QED) is 0.544. The van der Waals surface area contributed by atoms with E-state index in [4.69, 9.17) is 11.6 Å². The average molecular weight is 315 g/mol. The molecule has 0 aliphatic heterocycles. The van der Waals surface area contributed by atoms with E-state index >= 15 is 0 Å². The Kier molecular flexibility index (Phi) is 3.98. The molecule has 0 amide bonds. The first-order valence-electron chi connectivity index (χ1n) is 6.58. The van der Waals surface area contributed by atoms with Crippen LogP contribution in [0.4, 0.5) is 10.2 Å². The van der Waals surface area contributed by atoms with Crippen LogP contribution in [0.5, 0.6) is 0 Å². The molecule has 22 heavy (non-hydrogen) atoms. The van der Waals surface area contributed by atoms with E-state index in [0.717, 1.165) is 11.0 Å². The Bertz CT molecular complexity index is 830. The van der Waals surface area contributed by atoms with Crippen LogP contribution in [-0.2, 0) is 0 Å². The highest BCUT2D eigenvalue weighted by molar-refractivity contribution is 6.33. The molecule has 0 bridgehead atoms. The summed E-state index contributed by atoms with van der Waals surface area (Å²) in [6.07, 6.45) is 2.98. The van der Waals surface area contributed by atoms with E-state index in [1.165, 1.54) is 17.3 Å². The number of anilines is 1. The zero-order chi connectivity index (χ0) is 15.5. The summed E-state index contributed by atoms with van der Waals surface area (Å²) < 4.78 is 13.7. The van der Waals surface area contributed by atoms with Crippen molar-refractivity contribution in [2.75, 3.05) is 12.1 Å². The van der Waals surface area contributed by atoms with E-state index in [1.807, 2.05) is 24.3 Å². The molecule has 4 nitrogen and oxygen atoms in total. The van der Waals surface area contributed by atoms with Crippen LogP contribution >= 0.6 is 11.6 Å². The van der Waals surface area contributed by atoms with Gasteiger partial charge in [-0.3, -0.25) is 4.98 Å². The van der Waals surface area contributed by atoms with Gasteiger partial charge in [0.25, 0.3) is 0 Å². The van der Waals surface area contributed by atoms with Crippen molar-refractivity contribution in [2.45, 2.75) is 0 Å². The number of nitrogens with zero attached hydrogens (tertiary/aromatic N) is 4. The molecule has 3 aromatic rings. The van der Waals surface area contributed by atoms with Crippen LogP contribution in [0.2, 0.25) is 5.02 Å². The van der Waals surface area contributed by atoms with Gasteiger partial charge < -0.3 is 0 Å². The number of hydrazone groups is 1. The molecule has 1 heterocycles. The molecule has 0 atom stereocenters. The minimum atomic E-state index is -0.422. The zero-order valence-electron chi connectivity index (χ0n) is 11.7. The van der Waals surface area contributed by atoms with E-state index in [-0.39, 0.29) is 5.56 Å². The minimum absolute atomic E-state index is 0.241. The Balaban J connectivity index is 1.89. The van der Waals surface area contributed by atoms with Crippen molar-refractivity contribution in [1.82, 2.24) is 9.97 Å². The van der Waals surface area contributed by atoms with Gasteiger partial charge in [-0.25, -0.2) is 14.4 Å². The summed E-state index contributed by atoms with van der Waals surface area (Å²) >= 11 is 5.96.